The normalized spacial score (nSPS) is 11.1. The third-order valence-corrected chi connectivity index (χ3v) is 3.34. The highest BCUT2D eigenvalue weighted by atomic mass is 35.5. The first-order chi connectivity index (χ1) is 10.3. The summed E-state index contributed by atoms with van der Waals surface area (Å²) in [6.07, 6.45) is 0.900. The smallest absolute Gasteiger partial charge is 0.135 e. The van der Waals surface area contributed by atoms with Crippen LogP contribution in [0, 0.1) is 0 Å². The SMILES string of the molecule is COCCCOCCOCc1cc2ccccc2nc1Cl. The van der Waals surface area contributed by atoms with E-state index < -0.39 is 0 Å². The number of para-hydroxylation sites is 1. The first-order valence-corrected chi connectivity index (χ1v) is 7.37. The van der Waals surface area contributed by atoms with Gasteiger partial charge in [0.25, 0.3) is 0 Å². The van der Waals surface area contributed by atoms with E-state index in [0.717, 1.165) is 29.5 Å². The van der Waals surface area contributed by atoms with E-state index in [4.69, 9.17) is 25.8 Å². The molecule has 2 aromatic rings. The number of pyridine rings is 1. The minimum absolute atomic E-state index is 0.443. The Labute approximate surface area is 130 Å². The summed E-state index contributed by atoms with van der Waals surface area (Å²) in [5, 5.41) is 1.56. The van der Waals surface area contributed by atoms with Crippen LogP contribution < -0.4 is 0 Å². The van der Waals surface area contributed by atoms with Gasteiger partial charge in [0, 0.05) is 31.3 Å². The highest BCUT2D eigenvalue weighted by Crippen LogP contribution is 2.20. The van der Waals surface area contributed by atoms with Crippen LogP contribution in [0.5, 0.6) is 0 Å². The summed E-state index contributed by atoms with van der Waals surface area (Å²) in [6.45, 7) is 2.96. The maximum Gasteiger partial charge on any atom is 0.135 e. The molecule has 0 saturated heterocycles. The van der Waals surface area contributed by atoms with Gasteiger partial charge in [0.1, 0.15) is 5.15 Å². The van der Waals surface area contributed by atoms with Crippen molar-refractivity contribution in [2.24, 2.45) is 0 Å². The Bertz CT molecular complexity index is 562. The van der Waals surface area contributed by atoms with Crippen molar-refractivity contribution >= 4 is 22.5 Å². The lowest BCUT2D eigenvalue weighted by Gasteiger charge is -2.08. The van der Waals surface area contributed by atoms with Gasteiger partial charge < -0.3 is 14.2 Å². The molecular weight excluding hydrogens is 290 g/mol. The van der Waals surface area contributed by atoms with Crippen LogP contribution in [0.3, 0.4) is 0 Å². The van der Waals surface area contributed by atoms with Crippen molar-refractivity contribution in [2.75, 3.05) is 33.5 Å². The Balaban J connectivity index is 1.74. The summed E-state index contributed by atoms with van der Waals surface area (Å²) < 4.78 is 15.9. The van der Waals surface area contributed by atoms with Crippen molar-refractivity contribution in [3.05, 3.63) is 41.0 Å². The summed E-state index contributed by atoms with van der Waals surface area (Å²) in [5.41, 5.74) is 1.79. The number of methoxy groups -OCH3 is 1. The maximum atomic E-state index is 6.16. The molecule has 0 aliphatic heterocycles. The largest absolute Gasteiger partial charge is 0.385 e. The van der Waals surface area contributed by atoms with Crippen molar-refractivity contribution in [3.8, 4) is 0 Å². The Kier molecular flexibility index (Phi) is 6.89. The highest BCUT2D eigenvalue weighted by Gasteiger charge is 2.04. The van der Waals surface area contributed by atoms with Gasteiger partial charge in [-0.25, -0.2) is 4.98 Å². The molecule has 2 rings (SSSR count). The molecule has 5 heteroatoms. The zero-order valence-corrected chi connectivity index (χ0v) is 12.9. The molecule has 1 heterocycles. The predicted octanol–water partition coefficient (Wildman–Crippen LogP) is 3.46. The second-order valence-corrected chi connectivity index (χ2v) is 5.00. The monoisotopic (exact) mass is 309 g/mol. The van der Waals surface area contributed by atoms with Gasteiger partial charge in [0.2, 0.25) is 0 Å². The number of aromatic nitrogens is 1. The topological polar surface area (TPSA) is 40.6 Å². The number of nitrogens with zero attached hydrogens (tertiary/aromatic N) is 1. The fourth-order valence-corrected chi connectivity index (χ4v) is 2.14. The number of ether oxygens (including phenoxy) is 3. The van der Waals surface area contributed by atoms with Crippen LogP contribution >= 0.6 is 11.6 Å². The Morgan fingerprint density at radius 2 is 1.86 bits per heavy atom. The van der Waals surface area contributed by atoms with E-state index in [0.29, 0.717) is 31.6 Å². The van der Waals surface area contributed by atoms with Gasteiger partial charge in [0.05, 0.1) is 25.3 Å². The van der Waals surface area contributed by atoms with Crippen molar-refractivity contribution in [2.45, 2.75) is 13.0 Å². The summed E-state index contributed by atoms with van der Waals surface area (Å²) >= 11 is 6.16. The molecule has 0 atom stereocenters. The van der Waals surface area contributed by atoms with Crippen LogP contribution in [0.4, 0.5) is 0 Å². The Morgan fingerprint density at radius 1 is 1.05 bits per heavy atom. The molecule has 0 spiro atoms. The summed E-state index contributed by atoms with van der Waals surface area (Å²) in [4.78, 5) is 4.36. The molecule has 0 amide bonds. The summed E-state index contributed by atoms with van der Waals surface area (Å²) in [6, 6.07) is 9.91. The van der Waals surface area contributed by atoms with Crippen molar-refractivity contribution in [1.82, 2.24) is 4.98 Å². The summed E-state index contributed by atoms with van der Waals surface area (Å²) in [7, 11) is 1.68. The number of benzene rings is 1. The van der Waals surface area contributed by atoms with E-state index >= 15 is 0 Å². The maximum absolute atomic E-state index is 6.16. The van der Waals surface area contributed by atoms with Gasteiger partial charge in [-0.05, 0) is 18.6 Å². The molecule has 0 saturated carbocycles. The van der Waals surface area contributed by atoms with Gasteiger partial charge in [-0.15, -0.1) is 0 Å². The summed E-state index contributed by atoms with van der Waals surface area (Å²) in [5.74, 6) is 0. The van der Waals surface area contributed by atoms with Gasteiger partial charge in [-0.1, -0.05) is 29.8 Å². The number of hydrogen-bond acceptors (Lipinski definition) is 4. The third kappa shape index (κ3) is 5.25. The minimum atomic E-state index is 0.443. The van der Waals surface area contributed by atoms with E-state index in [2.05, 4.69) is 4.98 Å². The average Bonchev–Trinajstić information content (AvgIpc) is 2.50. The molecule has 0 bridgehead atoms. The van der Waals surface area contributed by atoms with E-state index in [1.807, 2.05) is 30.3 Å². The second-order valence-electron chi connectivity index (χ2n) is 4.64. The lowest BCUT2D eigenvalue weighted by atomic mass is 10.2. The molecule has 4 nitrogen and oxygen atoms in total. The van der Waals surface area contributed by atoms with Gasteiger partial charge in [0.15, 0.2) is 0 Å². The van der Waals surface area contributed by atoms with E-state index in [1.54, 1.807) is 7.11 Å². The quantitative estimate of drug-likeness (QED) is 0.525. The van der Waals surface area contributed by atoms with Crippen molar-refractivity contribution < 1.29 is 14.2 Å². The second kappa shape index (κ2) is 8.95. The molecule has 21 heavy (non-hydrogen) atoms. The standard InChI is InChI=1S/C16H20ClNO3/c1-19-7-4-8-20-9-10-21-12-14-11-13-5-2-3-6-15(13)18-16(14)17/h2-3,5-6,11H,4,7-10,12H2,1H3. The first-order valence-electron chi connectivity index (χ1n) is 7.00. The van der Waals surface area contributed by atoms with Crippen LogP contribution in [-0.2, 0) is 20.8 Å². The molecule has 0 radical (unpaired) electrons. The van der Waals surface area contributed by atoms with Crippen molar-refractivity contribution in [1.29, 1.82) is 0 Å². The lowest BCUT2D eigenvalue weighted by Crippen LogP contribution is -2.07. The molecule has 0 aliphatic carbocycles. The van der Waals surface area contributed by atoms with Gasteiger partial charge >= 0.3 is 0 Å². The van der Waals surface area contributed by atoms with E-state index in [9.17, 15) is 0 Å². The zero-order chi connectivity index (χ0) is 14.9. The fourth-order valence-electron chi connectivity index (χ4n) is 1.94. The Morgan fingerprint density at radius 3 is 2.71 bits per heavy atom. The van der Waals surface area contributed by atoms with E-state index in [-0.39, 0.29) is 0 Å². The number of halogens is 1. The highest BCUT2D eigenvalue weighted by molar-refractivity contribution is 6.30. The van der Waals surface area contributed by atoms with Crippen LogP contribution in [0.25, 0.3) is 10.9 Å². The predicted molar refractivity (Wildman–Crippen MR) is 83.7 cm³/mol. The number of rotatable bonds is 9. The minimum Gasteiger partial charge on any atom is -0.385 e. The average molecular weight is 310 g/mol. The Hall–Kier alpha value is -1.20. The molecule has 0 unspecified atom stereocenters. The molecular formula is C16H20ClNO3. The van der Waals surface area contributed by atoms with Crippen LogP contribution in [0.1, 0.15) is 12.0 Å². The number of fused-ring (bicyclic) bond motifs is 1. The van der Waals surface area contributed by atoms with Crippen LogP contribution in [0.2, 0.25) is 5.15 Å². The zero-order valence-electron chi connectivity index (χ0n) is 12.2. The molecule has 1 aromatic carbocycles. The van der Waals surface area contributed by atoms with Crippen LogP contribution in [-0.4, -0.2) is 38.5 Å². The fraction of sp³-hybridized carbons (Fsp3) is 0.438. The van der Waals surface area contributed by atoms with Crippen molar-refractivity contribution in [3.63, 3.8) is 0 Å². The molecule has 1 aromatic heterocycles. The first kappa shape index (κ1) is 16.2. The van der Waals surface area contributed by atoms with E-state index in [1.165, 1.54) is 0 Å². The molecule has 0 fully saturated rings. The van der Waals surface area contributed by atoms with Gasteiger partial charge in [-0.3, -0.25) is 0 Å². The molecule has 0 N–H and O–H groups in total. The van der Waals surface area contributed by atoms with Gasteiger partial charge in [-0.2, -0.15) is 0 Å². The number of hydrogen-bond donors (Lipinski definition) is 0. The lowest BCUT2D eigenvalue weighted by molar-refractivity contribution is 0.0337. The van der Waals surface area contributed by atoms with Crippen LogP contribution in [0.15, 0.2) is 30.3 Å². The molecule has 114 valence electrons. The molecule has 0 aliphatic rings. The third-order valence-electron chi connectivity index (χ3n) is 3.02.